The van der Waals surface area contributed by atoms with Gasteiger partial charge in [0.15, 0.2) is 0 Å². The molecule has 0 bridgehead atoms. The van der Waals surface area contributed by atoms with Crippen LogP contribution in [0, 0.1) is 0 Å². The maximum absolute atomic E-state index is 12.2. The number of carbonyl (C=O) groups is 2. The number of sulfonamides is 1. The molecule has 1 aromatic carbocycles. The van der Waals surface area contributed by atoms with E-state index < -0.39 is 22.0 Å². The van der Waals surface area contributed by atoms with Crippen molar-refractivity contribution in [3.8, 4) is 0 Å². The molecule has 2 atom stereocenters. The molecule has 0 aromatic heterocycles. The van der Waals surface area contributed by atoms with E-state index in [4.69, 9.17) is 0 Å². The van der Waals surface area contributed by atoms with E-state index in [0.29, 0.717) is 25.8 Å². The minimum absolute atomic E-state index is 0.0171. The molecule has 0 radical (unpaired) electrons. The lowest BCUT2D eigenvalue weighted by Gasteiger charge is -2.22. The Morgan fingerprint density at radius 2 is 1.93 bits per heavy atom. The highest BCUT2D eigenvalue weighted by atomic mass is 32.2. The highest BCUT2D eigenvalue weighted by Crippen LogP contribution is 2.21. The largest absolute Gasteiger partial charge is 0.389 e. The summed E-state index contributed by atoms with van der Waals surface area (Å²) in [5, 5.41) is 10.2. The normalized spacial score (nSPS) is 18.1. The van der Waals surface area contributed by atoms with Crippen LogP contribution in [0.3, 0.4) is 0 Å². The van der Waals surface area contributed by atoms with Crippen molar-refractivity contribution in [2.45, 2.75) is 63.5 Å². The molecular formula is C22H32N2O5S. The van der Waals surface area contributed by atoms with E-state index in [-0.39, 0.29) is 18.4 Å². The summed E-state index contributed by atoms with van der Waals surface area (Å²) in [6, 6.07) is 9.81. The SMILES string of the molecule is CS(=O)(=O)NC(=O)CCCCCCN1C(=O)CC[C@@H]1/C=C/[C@@H](O)Cc1ccccc1. The number of benzene rings is 1. The molecule has 1 saturated heterocycles. The summed E-state index contributed by atoms with van der Waals surface area (Å²) in [5.41, 5.74) is 1.07. The topological polar surface area (TPSA) is 104 Å². The third-order valence-corrected chi connectivity index (χ3v) is 5.67. The number of aliphatic hydroxyl groups is 1. The lowest BCUT2D eigenvalue weighted by atomic mass is 10.1. The monoisotopic (exact) mass is 436 g/mol. The van der Waals surface area contributed by atoms with Gasteiger partial charge >= 0.3 is 0 Å². The molecule has 1 aliphatic rings. The molecule has 7 nitrogen and oxygen atoms in total. The fourth-order valence-electron chi connectivity index (χ4n) is 3.61. The van der Waals surface area contributed by atoms with Crippen molar-refractivity contribution < 1.29 is 23.1 Å². The van der Waals surface area contributed by atoms with Crippen LogP contribution in [0.15, 0.2) is 42.5 Å². The average molecular weight is 437 g/mol. The van der Waals surface area contributed by atoms with Crippen molar-refractivity contribution in [2.24, 2.45) is 0 Å². The molecule has 2 N–H and O–H groups in total. The first-order valence-corrected chi connectivity index (χ1v) is 12.3. The van der Waals surface area contributed by atoms with Gasteiger partial charge in [-0.3, -0.25) is 14.3 Å². The molecular weight excluding hydrogens is 404 g/mol. The second-order valence-electron chi connectivity index (χ2n) is 7.80. The van der Waals surface area contributed by atoms with Gasteiger partial charge < -0.3 is 10.0 Å². The lowest BCUT2D eigenvalue weighted by molar-refractivity contribution is -0.128. The fraction of sp³-hybridized carbons (Fsp3) is 0.545. The van der Waals surface area contributed by atoms with E-state index in [1.165, 1.54) is 0 Å². The third kappa shape index (κ3) is 9.09. The molecule has 2 rings (SSSR count). The van der Waals surface area contributed by atoms with Crippen LogP contribution in [0.2, 0.25) is 0 Å². The van der Waals surface area contributed by atoms with Crippen LogP contribution in [0.1, 0.15) is 50.5 Å². The zero-order valence-corrected chi connectivity index (χ0v) is 18.3. The quantitative estimate of drug-likeness (QED) is 0.386. The Morgan fingerprint density at radius 3 is 2.63 bits per heavy atom. The molecule has 0 unspecified atom stereocenters. The number of likely N-dealkylation sites (tertiary alicyclic amines) is 1. The number of amides is 2. The molecule has 1 aromatic rings. The smallest absolute Gasteiger partial charge is 0.233 e. The number of nitrogens with zero attached hydrogens (tertiary/aromatic N) is 1. The van der Waals surface area contributed by atoms with Gasteiger partial charge in [0.05, 0.1) is 18.4 Å². The van der Waals surface area contributed by atoms with Crippen molar-refractivity contribution in [3.63, 3.8) is 0 Å². The standard InChI is InChI=1S/C22H32N2O5S/c1-30(28,29)23-21(26)11-7-2-3-8-16-24-19(13-15-22(24)27)12-14-20(25)17-18-9-5-4-6-10-18/h4-6,9-10,12,14,19-20,25H,2-3,7-8,11,13,15-17H2,1H3,(H,23,26)/b14-12+/t19-,20+/m0/s1. The van der Waals surface area contributed by atoms with Crippen molar-refractivity contribution in [1.82, 2.24) is 9.62 Å². The summed E-state index contributed by atoms with van der Waals surface area (Å²) >= 11 is 0. The first-order chi connectivity index (χ1) is 14.2. The molecule has 1 heterocycles. The van der Waals surface area contributed by atoms with E-state index in [9.17, 15) is 23.1 Å². The van der Waals surface area contributed by atoms with Gasteiger partial charge in [-0.05, 0) is 24.8 Å². The van der Waals surface area contributed by atoms with Crippen LogP contribution in [0.25, 0.3) is 0 Å². The van der Waals surface area contributed by atoms with Gasteiger partial charge in [-0.15, -0.1) is 0 Å². The summed E-state index contributed by atoms with van der Waals surface area (Å²) in [6.07, 6.45) is 9.23. The van der Waals surface area contributed by atoms with Crippen molar-refractivity contribution in [3.05, 3.63) is 48.0 Å². The molecule has 166 valence electrons. The number of hydrogen-bond donors (Lipinski definition) is 2. The highest BCUT2D eigenvalue weighted by molar-refractivity contribution is 7.89. The molecule has 1 fully saturated rings. The number of hydrogen-bond acceptors (Lipinski definition) is 5. The Morgan fingerprint density at radius 1 is 1.23 bits per heavy atom. The van der Waals surface area contributed by atoms with Crippen molar-refractivity contribution in [2.75, 3.05) is 12.8 Å². The Balaban J connectivity index is 1.68. The van der Waals surface area contributed by atoms with Gasteiger partial charge in [-0.2, -0.15) is 0 Å². The number of nitrogens with one attached hydrogen (secondary N) is 1. The molecule has 30 heavy (non-hydrogen) atoms. The van der Waals surface area contributed by atoms with Gasteiger partial charge in [0.1, 0.15) is 0 Å². The Hall–Kier alpha value is -2.19. The van der Waals surface area contributed by atoms with E-state index in [0.717, 1.165) is 37.5 Å². The van der Waals surface area contributed by atoms with Gasteiger partial charge in [-0.25, -0.2) is 8.42 Å². The Kier molecular flexibility index (Phi) is 9.52. The summed E-state index contributed by atoms with van der Waals surface area (Å²) in [7, 11) is -3.49. The van der Waals surface area contributed by atoms with Crippen molar-refractivity contribution >= 4 is 21.8 Å². The van der Waals surface area contributed by atoms with Gasteiger partial charge in [-0.1, -0.05) is 55.3 Å². The second-order valence-corrected chi connectivity index (χ2v) is 9.55. The number of aliphatic hydroxyl groups excluding tert-OH is 1. The van der Waals surface area contributed by atoms with E-state index in [2.05, 4.69) is 0 Å². The highest BCUT2D eigenvalue weighted by Gasteiger charge is 2.28. The first kappa shape index (κ1) is 24.1. The van der Waals surface area contributed by atoms with Crippen LogP contribution in [-0.4, -0.2) is 55.2 Å². The predicted octanol–water partition coefficient (Wildman–Crippen LogP) is 2.16. The summed E-state index contributed by atoms with van der Waals surface area (Å²) < 4.78 is 23.9. The minimum atomic E-state index is -3.49. The third-order valence-electron chi connectivity index (χ3n) is 5.07. The maximum Gasteiger partial charge on any atom is 0.233 e. The second kappa shape index (κ2) is 11.9. The molecule has 0 spiro atoms. The van der Waals surface area contributed by atoms with Crippen LogP contribution in [0.4, 0.5) is 0 Å². The molecule has 0 saturated carbocycles. The lowest BCUT2D eigenvalue weighted by Crippen LogP contribution is -2.32. The average Bonchev–Trinajstić information content (AvgIpc) is 3.02. The number of unbranched alkanes of at least 4 members (excludes halogenated alkanes) is 3. The van der Waals surface area contributed by atoms with Gasteiger partial charge in [0.25, 0.3) is 0 Å². The van der Waals surface area contributed by atoms with E-state index >= 15 is 0 Å². The van der Waals surface area contributed by atoms with Gasteiger partial charge in [0.2, 0.25) is 21.8 Å². The summed E-state index contributed by atoms with van der Waals surface area (Å²) in [6.45, 7) is 0.651. The summed E-state index contributed by atoms with van der Waals surface area (Å²) in [5.74, 6) is -0.346. The zero-order chi connectivity index (χ0) is 22.0. The summed E-state index contributed by atoms with van der Waals surface area (Å²) in [4.78, 5) is 25.5. The Labute approximate surface area is 179 Å². The molecule has 8 heteroatoms. The van der Waals surface area contributed by atoms with E-state index in [1.54, 1.807) is 6.08 Å². The molecule has 2 amide bonds. The first-order valence-electron chi connectivity index (χ1n) is 10.4. The molecule has 1 aliphatic heterocycles. The van der Waals surface area contributed by atoms with E-state index in [1.807, 2.05) is 46.0 Å². The fourth-order valence-corrected chi connectivity index (χ4v) is 4.12. The number of rotatable bonds is 12. The molecule has 0 aliphatic carbocycles. The van der Waals surface area contributed by atoms with Crippen LogP contribution >= 0.6 is 0 Å². The van der Waals surface area contributed by atoms with Crippen molar-refractivity contribution in [1.29, 1.82) is 0 Å². The Bertz CT molecular complexity index is 823. The van der Waals surface area contributed by atoms with Crippen LogP contribution < -0.4 is 4.72 Å². The maximum atomic E-state index is 12.2. The zero-order valence-electron chi connectivity index (χ0n) is 17.5. The minimum Gasteiger partial charge on any atom is -0.389 e. The van der Waals surface area contributed by atoms with Gasteiger partial charge in [0, 0.05) is 25.8 Å². The van der Waals surface area contributed by atoms with Crippen LogP contribution in [0.5, 0.6) is 0 Å². The number of carbonyl (C=O) groups excluding carboxylic acids is 2. The van der Waals surface area contributed by atoms with Crippen LogP contribution in [-0.2, 0) is 26.0 Å². The predicted molar refractivity (Wildman–Crippen MR) is 116 cm³/mol.